The lowest BCUT2D eigenvalue weighted by molar-refractivity contribution is 0.192. The molecule has 4 rings (SSSR count). The number of likely N-dealkylation sites (tertiary alicyclic amines) is 1. The summed E-state index contributed by atoms with van der Waals surface area (Å²) in [5, 5.41) is 8.17. The number of carbonyl (C=O) groups is 1. The van der Waals surface area contributed by atoms with Gasteiger partial charge in [-0.2, -0.15) is 5.10 Å². The van der Waals surface area contributed by atoms with E-state index < -0.39 is 0 Å². The molecule has 1 saturated heterocycles. The van der Waals surface area contributed by atoms with E-state index in [1.54, 1.807) is 4.68 Å². The topological polar surface area (TPSA) is 50.2 Å². The molecule has 24 heavy (non-hydrogen) atoms. The second-order valence-corrected chi connectivity index (χ2v) is 7.19. The van der Waals surface area contributed by atoms with Gasteiger partial charge in [-0.15, -0.1) is 0 Å². The van der Waals surface area contributed by atoms with Gasteiger partial charge in [0.1, 0.15) is 0 Å². The molecular formula is C18H21ClN4O. The first-order chi connectivity index (χ1) is 11.6. The minimum Gasteiger partial charge on any atom is -0.335 e. The van der Waals surface area contributed by atoms with Crippen LogP contribution in [0.1, 0.15) is 42.3 Å². The molecule has 1 N–H and O–H groups in total. The van der Waals surface area contributed by atoms with Crippen LogP contribution in [-0.4, -0.2) is 33.3 Å². The van der Waals surface area contributed by atoms with E-state index in [0.29, 0.717) is 5.92 Å². The third kappa shape index (κ3) is 3.00. The van der Waals surface area contributed by atoms with Crippen molar-refractivity contribution in [3.8, 4) is 0 Å². The molecule has 2 heterocycles. The van der Waals surface area contributed by atoms with Gasteiger partial charge in [-0.05, 0) is 37.0 Å². The fourth-order valence-corrected chi connectivity index (χ4v) is 3.87. The normalized spacial score (nSPS) is 25.8. The number of hydrogen-bond acceptors (Lipinski definition) is 2. The SMILES string of the molecule is Cn1cc([C@@H]2CCCN2C(=O)N[C@@H]2C[C@H]2c2cccc(Cl)c2)cn1. The molecule has 2 aliphatic rings. The molecule has 1 aromatic heterocycles. The molecule has 0 radical (unpaired) electrons. The first-order valence-electron chi connectivity index (χ1n) is 8.43. The first kappa shape index (κ1) is 15.5. The lowest BCUT2D eigenvalue weighted by atomic mass is 10.1. The van der Waals surface area contributed by atoms with Gasteiger partial charge >= 0.3 is 6.03 Å². The number of nitrogens with one attached hydrogen (secondary N) is 1. The number of hydrogen-bond donors (Lipinski definition) is 1. The Balaban J connectivity index is 1.40. The molecule has 2 fully saturated rings. The smallest absolute Gasteiger partial charge is 0.318 e. The maximum atomic E-state index is 12.7. The molecule has 1 aromatic carbocycles. The predicted molar refractivity (Wildman–Crippen MR) is 93.0 cm³/mol. The van der Waals surface area contributed by atoms with Crippen molar-refractivity contribution in [3.05, 3.63) is 52.8 Å². The molecule has 3 atom stereocenters. The molecule has 1 saturated carbocycles. The molecule has 0 bridgehead atoms. The van der Waals surface area contributed by atoms with Gasteiger partial charge in [-0.3, -0.25) is 4.68 Å². The van der Waals surface area contributed by atoms with Crippen LogP contribution in [0, 0.1) is 0 Å². The summed E-state index contributed by atoms with van der Waals surface area (Å²) in [6.45, 7) is 0.806. The minimum absolute atomic E-state index is 0.0379. The van der Waals surface area contributed by atoms with E-state index in [9.17, 15) is 4.79 Å². The Bertz CT molecular complexity index is 759. The third-order valence-corrected chi connectivity index (χ3v) is 5.23. The summed E-state index contributed by atoms with van der Waals surface area (Å²) in [6, 6.07) is 8.31. The first-order valence-corrected chi connectivity index (χ1v) is 8.81. The van der Waals surface area contributed by atoms with E-state index in [4.69, 9.17) is 11.6 Å². The zero-order valence-corrected chi connectivity index (χ0v) is 14.4. The largest absolute Gasteiger partial charge is 0.335 e. The number of halogens is 1. The molecule has 1 aliphatic carbocycles. The van der Waals surface area contributed by atoms with E-state index in [1.807, 2.05) is 42.5 Å². The summed E-state index contributed by atoms with van der Waals surface area (Å²) in [4.78, 5) is 14.6. The van der Waals surface area contributed by atoms with Gasteiger partial charge in [-0.1, -0.05) is 23.7 Å². The Labute approximate surface area is 146 Å². The Kier molecular flexibility index (Phi) is 3.96. The summed E-state index contributed by atoms with van der Waals surface area (Å²) in [7, 11) is 1.91. The summed E-state index contributed by atoms with van der Waals surface area (Å²) >= 11 is 6.06. The van der Waals surface area contributed by atoms with Crippen LogP contribution >= 0.6 is 11.6 Å². The van der Waals surface area contributed by atoms with Gasteiger partial charge in [0.2, 0.25) is 0 Å². The molecule has 5 nitrogen and oxygen atoms in total. The Hall–Kier alpha value is -2.01. The fourth-order valence-electron chi connectivity index (χ4n) is 3.67. The highest BCUT2D eigenvalue weighted by atomic mass is 35.5. The Morgan fingerprint density at radius 2 is 2.25 bits per heavy atom. The molecule has 2 amide bonds. The van der Waals surface area contributed by atoms with Crippen molar-refractivity contribution in [1.29, 1.82) is 0 Å². The highest BCUT2D eigenvalue weighted by Crippen LogP contribution is 2.42. The number of amides is 2. The number of aryl methyl sites for hydroxylation is 1. The Morgan fingerprint density at radius 3 is 3.00 bits per heavy atom. The third-order valence-electron chi connectivity index (χ3n) is 5.00. The molecule has 126 valence electrons. The molecule has 2 aromatic rings. The van der Waals surface area contributed by atoms with Gasteiger partial charge in [0.25, 0.3) is 0 Å². The zero-order chi connectivity index (χ0) is 16.7. The highest BCUT2D eigenvalue weighted by Gasteiger charge is 2.41. The predicted octanol–water partition coefficient (Wildman–Crippen LogP) is 3.48. The van der Waals surface area contributed by atoms with Crippen LogP contribution < -0.4 is 5.32 Å². The van der Waals surface area contributed by atoms with Crippen molar-refractivity contribution in [3.63, 3.8) is 0 Å². The lowest BCUT2D eigenvalue weighted by Gasteiger charge is -2.24. The second kappa shape index (κ2) is 6.13. The number of nitrogens with zero attached hydrogens (tertiary/aromatic N) is 3. The molecular weight excluding hydrogens is 324 g/mol. The van der Waals surface area contributed by atoms with Gasteiger partial charge in [0, 0.05) is 42.3 Å². The summed E-state index contributed by atoms with van der Waals surface area (Å²) in [6.07, 6.45) is 6.89. The number of benzene rings is 1. The number of rotatable bonds is 3. The standard InChI is InChI=1S/C18H21ClN4O/c1-22-11-13(10-20-22)17-6-3-7-23(17)18(24)21-16-9-15(16)12-4-2-5-14(19)8-12/h2,4-5,8,10-11,15-17H,3,6-7,9H2,1H3,(H,21,24)/t15-,16+,17-/m0/s1. The minimum atomic E-state index is 0.0379. The summed E-state index contributed by atoms with van der Waals surface area (Å²) in [5.74, 6) is 0.382. The van der Waals surface area contributed by atoms with Crippen molar-refractivity contribution < 1.29 is 4.79 Å². The van der Waals surface area contributed by atoms with Gasteiger partial charge in [0.15, 0.2) is 0 Å². The second-order valence-electron chi connectivity index (χ2n) is 6.75. The monoisotopic (exact) mass is 344 g/mol. The highest BCUT2D eigenvalue weighted by molar-refractivity contribution is 6.30. The van der Waals surface area contributed by atoms with Gasteiger partial charge in [0.05, 0.1) is 12.2 Å². The van der Waals surface area contributed by atoms with Crippen LogP contribution in [0.3, 0.4) is 0 Å². The fraction of sp³-hybridized carbons (Fsp3) is 0.444. The quantitative estimate of drug-likeness (QED) is 0.926. The summed E-state index contributed by atoms with van der Waals surface area (Å²) < 4.78 is 1.79. The van der Waals surface area contributed by atoms with Crippen molar-refractivity contribution in [2.24, 2.45) is 7.05 Å². The maximum Gasteiger partial charge on any atom is 0.318 e. The molecule has 0 unspecified atom stereocenters. The zero-order valence-electron chi connectivity index (χ0n) is 13.7. The number of aromatic nitrogens is 2. The van der Waals surface area contributed by atoms with Crippen LogP contribution in [0.15, 0.2) is 36.7 Å². The molecule has 1 aliphatic heterocycles. The van der Waals surface area contributed by atoms with E-state index in [2.05, 4.69) is 16.5 Å². The van der Waals surface area contributed by atoms with E-state index >= 15 is 0 Å². The maximum absolute atomic E-state index is 12.7. The summed E-state index contributed by atoms with van der Waals surface area (Å²) in [5.41, 5.74) is 2.32. The van der Waals surface area contributed by atoms with Gasteiger partial charge in [-0.25, -0.2) is 4.79 Å². The van der Waals surface area contributed by atoms with Crippen LogP contribution in [0.4, 0.5) is 4.79 Å². The van der Waals surface area contributed by atoms with Crippen LogP contribution in [0.5, 0.6) is 0 Å². The van der Waals surface area contributed by atoms with Crippen molar-refractivity contribution in [1.82, 2.24) is 20.0 Å². The average Bonchev–Trinajstić information content (AvgIpc) is 2.96. The van der Waals surface area contributed by atoms with Crippen LogP contribution in [-0.2, 0) is 7.05 Å². The van der Waals surface area contributed by atoms with Crippen LogP contribution in [0.25, 0.3) is 0 Å². The number of urea groups is 1. The van der Waals surface area contributed by atoms with E-state index in [1.165, 1.54) is 5.56 Å². The van der Waals surface area contributed by atoms with E-state index in [-0.39, 0.29) is 18.1 Å². The van der Waals surface area contributed by atoms with Crippen molar-refractivity contribution in [2.45, 2.75) is 37.3 Å². The van der Waals surface area contributed by atoms with Gasteiger partial charge < -0.3 is 10.2 Å². The van der Waals surface area contributed by atoms with Crippen LogP contribution in [0.2, 0.25) is 5.02 Å². The Morgan fingerprint density at radius 1 is 1.38 bits per heavy atom. The molecule has 6 heteroatoms. The lowest BCUT2D eigenvalue weighted by Crippen LogP contribution is -2.40. The average molecular weight is 345 g/mol. The number of carbonyl (C=O) groups excluding carboxylic acids is 1. The van der Waals surface area contributed by atoms with E-state index in [0.717, 1.165) is 36.4 Å². The van der Waals surface area contributed by atoms with Crippen molar-refractivity contribution in [2.75, 3.05) is 6.54 Å². The molecule has 0 spiro atoms. The van der Waals surface area contributed by atoms with Crippen molar-refractivity contribution >= 4 is 17.6 Å².